The van der Waals surface area contributed by atoms with Crippen molar-refractivity contribution in [2.24, 2.45) is 5.92 Å². The number of amides is 1. The smallest absolute Gasteiger partial charge is 0.246 e. The summed E-state index contributed by atoms with van der Waals surface area (Å²) in [6.45, 7) is 5.76. The molecule has 0 saturated heterocycles. The molecule has 0 saturated carbocycles. The van der Waals surface area contributed by atoms with Gasteiger partial charge in [-0.2, -0.15) is 0 Å². The van der Waals surface area contributed by atoms with Crippen molar-refractivity contribution >= 4 is 23.1 Å². The molecule has 4 heteroatoms. The molecule has 98 valence electrons. The molecule has 0 aliphatic rings. The Morgan fingerprint density at radius 1 is 1.06 bits per heavy atom. The highest BCUT2D eigenvalue weighted by Gasteiger charge is 2.07. The van der Waals surface area contributed by atoms with Crippen molar-refractivity contribution in [1.82, 2.24) is 0 Å². The van der Waals surface area contributed by atoms with Gasteiger partial charge in [-0.15, -0.1) is 0 Å². The van der Waals surface area contributed by atoms with Crippen LogP contribution in [0.2, 0.25) is 0 Å². The van der Waals surface area contributed by atoms with Crippen LogP contribution in [0, 0.1) is 5.92 Å². The molecule has 0 unspecified atom stereocenters. The molecule has 0 spiro atoms. The zero-order chi connectivity index (χ0) is 13.7. The predicted octanol–water partition coefficient (Wildman–Crippen LogP) is 2.38. The maximum absolute atomic E-state index is 11.5. The number of carbonyl (C=O) groups excluding carboxylic acids is 1. The van der Waals surface area contributed by atoms with E-state index in [0.29, 0.717) is 0 Å². The summed E-state index contributed by atoms with van der Waals surface area (Å²) in [6, 6.07) is 7.68. The lowest BCUT2D eigenvalue weighted by Crippen LogP contribution is -2.19. The zero-order valence-corrected chi connectivity index (χ0v) is 11.7. The second-order valence-corrected chi connectivity index (χ2v) is 4.83. The molecule has 0 aromatic heterocycles. The van der Waals surface area contributed by atoms with Gasteiger partial charge in [-0.1, -0.05) is 13.8 Å². The van der Waals surface area contributed by atoms with Crippen molar-refractivity contribution in [1.29, 1.82) is 0 Å². The van der Waals surface area contributed by atoms with Crippen LogP contribution in [0.4, 0.5) is 11.4 Å². The fourth-order valence-electron chi connectivity index (χ4n) is 1.24. The first-order valence-corrected chi connectivity index (χ1v) is 6.09. The summed E-state index contributed by atoms with van der Waals surface area (Å²) < 4.78 is 2.01. The van der Waals surface area contributed by atoms with Crippen LogP contribution < -0.4 is 10.6 Å². The van der Waals surface area contributed by atoms with E-state index in [9.17, 15) is 4.79 Å². The summed E-state index contributed by atoms with van der Waals surface area (Å²) in [5, 5.41) is 6.14. The highest BCUT2D eigenvalue weighted by atomic mass is 16.1. The average Bonchev–Trinajstić information content (AvgIpc) is 2.31. The van der Waals surface area contributed by atoms with Crippen LogP contribution in [-0.4, -0.2) is 30.4 Å². The second kappa shape index (κ2) is 6.19. The summed E-state index contributed by atoms with van der Waals surface area (Å²) in [5.41, 5.74) is 1.82. The lowest BCUT2D eigenvalue weighted by molar-refractivity contribution is -0.464. The van der Waals surface area contributed by atoms with E-state index in [1.165, 1.54) is 0 Å². The third-order valence-electron chi connectivity index (χ3n) is 2.67. The van der Waals surface area contributed by atoms with E-state index in [1.807, 2.05) is 63.7 Å². The fourth-order valence-corrected chi connectivity index (χ4v) is 1.24. The minimum absolute atomic E-state index is 0.00730. The van der Waals surface area contributed by atoms with Crippen molar-refractivity contribution in [2.45, 2.75) is 20.8 Å². The van der Waals surface area contributed by atoms with Gasteiger partial charge in [0.1, 0.15) is 5.69 Å². The van der Waals surface area contributed by atoms with Crippen LogP contribution in [0.25, 0.3) is 0 Å². The van der Waals surface area contributed by atoms with Gasteiger partial charge in [-0.3, -0.25) is 9.37 Å². The number of hydrogen-bond acceptors (Lipinski definition) is 1. The van der Waals surface area contributed by atoms with E-state index < -0.39 is 0 Å². The van der Waals surface area contributed by atoms with Crippen molar-refractivity contribution in [3.8, 4) is 0 Å². The van der Waals surface area contributed by atoms with Gasteiger partial charge < -0.3 is 5.32 Å². The fraction of sp³-hybridized carbons (Fsp3) is 0.429. The Morgan fingerprint density at radius 3 is 1.89 bits per heavy atom. The van der Waals surface area contributed by atoms with Gasteiger partial charge >= 0.3 is 0 Å². The lowest BCUT2D eigenvalue weighted by Gasteiger charge is -2.08. The van der Waals surface area contributed by atoms with Gasteiger partial charge in [0.25, 0.3) is 0 Å². The van der Waals surface area contributed by atoms with Gasteiger partial charge in [0.2, 0.25) is 11.7 Å². The Kier molecular flexibility index (Phi) is 4.89. The predicted molar refractivity (Wildman–Crippen MR) is 76.3 cm³/mol. The van der Waals surface area contributed by atoms with Gasteiger partial charge in [-0.05, 0) is 24.3 Å². The lowest BCUT2D eigenvalue weighted by atomic mass is 10.2. The standard InChI is InChI=1S/C14H21N3O/c1-10(2)14(18)16-13-8-6-12(7-9-13)15-11(3)17(4)5/h6-10H,1-5H3,(H,16,18)/p+1. The van der Waals surface area contributed by atoms with Crippen LogP contribution in [0.5, 0.6) is 0 Å². The summed E-state index contributed by atoms with van der Waals surface area (Å²) in [4.78, 5) is 11.5. The monoisotopic (exact) mass is 248 g/mol. The zero-order valence-electron chi connectivity index (χ0n) is 11.7. The summed E-state index contributed by atoms with van der Waals surface area (Å²) in [5.74, 6) is 1.09. The molecule has 4 nitrogen and oxygen atoms in total. The molecule has 1 rings (SSSR count). The Labute approximate surface area is 109 Å². The molecule has 18 heavy (non-hydrogen) atoms. The summed E-state index contributed by atoms with van der Waals surface area (Å²) in [7, 11) is 3.97. The molecular formula is C14H22N3O+. The first kappa shape index (κ1) is 14.2. The van der Waals surface area contributed by atoms with E-state index in [0.717, 1.165) is 17.2 Å². The number of nitrogens with zero attached hydrogens (tertiary/aromatic N) is 1. The number of carbonyl (C=O) groups is 1. The molecule has 0 radical (unpaired) electrons. The molecule has 1 amide bonds. The molecule has 0 bridgehead atoms. The van der Waals surface area contributed by atoms with Crippen LogP contribution in [0.3, 0.4) is 0 Å². The highest BCUT2D eigenvalue weighted by Crippen LogP contribution is 2.14. The first-order chi connectivity index (χ1) is 8.40. The number of hydrogen-bond donors (Lipinski definition) is 2. The SMILES string of the molecule is CC(Nc1ccc(NC(=O)C(C)C)cc1)=[N+](C)C. The second-order valence-electron chi connectivity index (χ2n) is 4.83. The van der Waals surface area contributed by atoms with E-state index in [4.69, 9.17) is 0 Å². The largest absolute Gasteiger partial charge is 0.326 e. The maximum Gasteiger partial charge on any atom is 0.246 e. The molecule has 1 aromatic carbocycles. The average molecular weight is 248 g/mol. The number of benzene rings is 1. The molecule has 0 aliphatic carbocycles. The van der Waals surface area contributed by atoms with Crippen molar-refractivity contribution in [3.05, 3.63) is 24.3 Å². The molecule has 2 N–H and O–H groups in total. The van der Waals surface area contributed by atoms with Crippen LogP contribution in [0.1, 0.15) is 20.8 Å². The minimum atomic E-state index is -0.00730. The molecule has 0 fully saturated rings. The Hall–Kier alpha value is -1.84. The quantitative estimate of drug-likeness (QED) is 0.490. The van der Waals surface area contributed by atoms with Gasteiger partial charge in [0, 0.05) is 18.5 Å². The van der Waals surface area contributed by atoms with Crippen molar-refractivity contribution in [2.75, 3.05) is 24.7 Å². The van der Waals surface area contributed by atoms with Crippen molar-refractivity contribution in [3.63, 3.8) is 0 Å². The van der Waals surface area contributed by atoms with Crippen LogP contribution in [0.15, 0.2) is 24.3 Å². The molecule has 0 atom stereocenters. The Balaban J connectivity index is 2.69. The first-order valence-electron chi connectivity index (χ1n) is 6.09. The molecule has 0 heterocycles. The van der Waals surface area contributed by atoms with E-state index in [2.05, 4.69) is 10.6 Å². The highest BCUT2D eigenvalue weighted by molar-refractivity contribution is 5.93. The van der Waals surface area contributed by atoms with Gasteiger partial charge in [-0.25, -0.2) is 5.32 Å². The topological polar surface area (TPSA) is 44.1 Å². The van der Waals surface area contributed by atoms with E-state index in [1.54, 1.807) is 0 Å². The van der Waals surface area contributed by atoms with E-state index >= 15 is 0 Å². The molecule has 1 aromatic rings. The molecular weight excluding hydrogens is 226 g/mol. The third kappa shape index (κ3) is 4.20. The van der Waals surface area contributed by atoms with Crippen molar-refractivity contribution < 1.29 is 9.37 Å². The van der Waals surface area contributed by atoms with Crippen LogP contribution >= 0.6 is 0 Å². The Bertz CT molecular complexity index is 443. The number of anilines is 2. The van der Waals surface area contributed by atoms with Crippen LogP contribution in [-0.2, 0) is 4.79 Å². The third-order valence-corrected chi connectivity index (χ3v) is 2.67. The van der Waals surface area contributed by atoms with E-state index in [-0.39, 0.29) is 11.8 Å². The normalized spacial score (nSPS) is 10.1. The molecule has 0 aliphatic heterocycles. The Morgan fingerprint density at radius 2 is 1.50 bits per heavy atom. The maximum atomic E-state index is 11.5. The number of amidine groups is 1. The minimum Gasteiger partial charge on any atom is -0.326 e. The number of rotatable bonds is 3. The summed E-state index contributed by atoms with van der Waals surface area (Å²) >= 11 is 0. The van der Waals surface area contributed by atoms with Gasteiger partial charge in [0.05, 0.1) is 14.1 Å². The number of nitrogens with one attached hydrogen (secondary N) is 2. The summed E-state index contributed by atoms with van der Waals surface area (Å²) in [6.07, 6.45) is 0. The van der Waals surface area contributed by atoms with Gasteiger partial charge in [0.15, 0.2) is 0 Å².